The molecule has 3 rings (SSSR count). The van der Waals surface area contributed by atoms with Crippen molar-refractivity contribution in [3.63, 3.8) is 0 Å². The Hall–Kier alpha value is -1.83. The monoisotopic (exact) mass is 424 g/mol. The quantitative estimate of drug-likeness (QED) is 0.476. The average molecular weight is 425 g/mol. The summed E-state index contributed by atoms with van der Waals surface area (Å²) in [5.74, 6) is 1.26. The summed E-state index contributed by atoms with van der Waals surface area (Å²) in [4.78, 5) is 23.6. The first-order valence-corrected chi connectivity index (χ1v) is 10.3. The molecule has 1 fully saturated rings. The molecule has 0 radical (unpaired) electrons. The van der Waals surface area contributed by atoms with E-state index in [0.717, 1.165) is 23.6 Å². The lowest BCUT2D eigenvalue weighted by Crippen LogP contribution is -2.14. The van der Waals surface area contributed by atoms with Gasteiger partial charge in [0.05, 0.1) is 10.0 Å². The highest BCUT2D eigenvalue weighted by atomic mass is 35.5. The van der Waals surface area contributed by atoms with Gasteiger partial charge in [0.1, 0.15) is 5.03 Å². The Bertz CT molecular complexity index is 829. The third-order valence-corrected chi connectivity index (χ3v) is 5.59. The van der Waals surface area contributed by atoms with Crippen LogP contribution < -0.4 is 10.6 Å². The van der Waals surface area contributed by atoms with Crippen LogP contribution in [0.1, 0.15) is 25.7 Å². The van der Waals surface area contributed by atoms with Crippen molar-refractivity contribution < 1.29 is 9.59 Å². The second kappa shape index (κ2) is 9.39. The van der Waals surface area contributed by atoms with Gasteiger partial charge in [-0.3, -0.25) is 9.59 Å². The number of carbonyl (C=O) groups is 2. The van der Waals surface area contributed by atoms with Crippen molar-refractivity contribution in [2.75, 3.05) is 16.4 Å². The fourth-order valence-electron chi connectivity index (χ4n) is 2.24. The number of amides is 2. The maximum Gasteiger partial charge on any atom is 0.228 e. The molecular formula is C18H18Cl2N4O2S. The number of thioether (sulfide) groups is 1. The molecule has 0 atom stereocenters. The second-order valence-electron chi connectivity index (χ2n) is 6.15. The van der Waals surface area contributed by atoms with E-state index in [1.165, 1.54) is 11.8 Å². The van der Waals surface area contributed by atoms with Crippen LogP contribution in [-0.4, -0.2) is 27.8 Å². The summed E-state index contributed by atoms with van der Waals surface area (Å²) in [6.45, 7) is 0. The third-order valence-electron chi connectivity index (χ3n) is 3.84. The maximum atomic E-state index is 12.0. The lowest BCUT2D eigenvalue weighted by molar-refractivity contribution is -0.117. The third kappa shape index (κ3) is 6.37. The van der Waals surface area contributed by atoms with E-state index in [-0.39, 0.29) is 17.7 Å². The number of benzene rings is 1. The average Bonchev–Trinajstić information content (AvgIpc) is 3.48. The smallest absolute Gasteiger partial charge is 0.228 e. The zero-order valence-electron chi connectivity index (χ0n) is 14.4. The fraction of sp³-hybridized carbons (Fsp3) is 0.333. The van der Waals surface area contributed by atoms with Gasteiger partial charge in [0.25, 0.3) is 0 Å². The summed E-state index contributed by atoms with van der Waals surface area (Å²) in [5, 5.41) is 15.2. The van der Waals surface area contributed by atoms with Crippen molar-refractivity contribution in [1.29, 1.82) is 0 Å². The van der Waals surface area contributed by atoms with Crippen molar-refractivity contribution in [2.45, 2.75) is 30.7 Å². The summed E-state index contributed by atoms with van der Waals surface area (Å²) >= 11 is 13.3. The Labute approximate surface area is 171 Å². The molecule has 2 amide bonds. The van der Waals surface area contributed by atoms with E-state index in [1.807, 2.05) is 6.07 Å². The number of nitrogens with one attached hydrogen (secondary N) is 2. The van der Waals surface area contributed by atoms with E-state index < -0.39 is 0 Å². The molecule has 1 aliphatic carbocycles. The van der Waals surface area contributed by atoms with E-state index in [0.29, 0.717) is 34.4 Å². The van der Waals surface area contributed by atoms with Gasteiger partial charge in [-0.1, -0.05) is 23.2 Å². The van der Waals surface area contributed by atoms with E-state index in [1.54, 1.807) is 24.3 Å². The Kier molecular flexibility index (Phi) is 6.93. The minimum absolute atomic E-state index is 0.0118. The van der Waals surface area contributed by atoms with Crippen LogP contribution in [0.4, 0.5) is 11.5 Å². The molecule has 27 heavy (non-hydrogen) atoms. The number of rotatable bonds is 8. The summed E-state index contributed by atoms with van der Waals surface area (Å²) in [6.07, 6.45) is 2.98. The Balaban J connectivity index is 1.36. The minimum atomic E-state index is -0.0850. The van der Waals surface area contributed by atoms with Crippen molar-refractivity contribution in [1.82, 2.24) is 10.2 Å². The van der Waals surface area contributed by atoms with Crippen molar-refractivity contribution >= 4 is 58.3 Å². The molecule has 0 bridgehead atoms. The second-order valence-corrected chi connectivity index (χ2v) is 8.08. The molecule has 0 unspecified atom stereocenters. The number of carbonyl (C=O) groups excluding carboxylic acids is 2. The summed E-state index contributed by atoms with van der Waals surface area (Å²) in [6, 6.07) is 8.53. The van der Waals surface area contributed by atoms with Gasteiger partial charge in [-0.05, 0) is 49.6 Å². The van der Waals surface area contributed by atoms with Crippen molar-refractivity contribution in [3.05, 3.63) is 40.4 Å². The largest absolute Gasteiger partial charge is 0.326 e. The van der Waals surface area contributed by atoms with Gasteiger partial charge in [-0.25, -0.2) is 0 Å². The number of halogens is 2. The maximum absolute atomic E-state index is 12.0. The molecular weight excluding hydrogens is 407 g/mol. The first-order chi connectivity index (χ1) is 13.0. The Morgan fingerprint density at radius 3 is 2.56 bits per heavy atom. The topological polar surface area (TPSA) is 84.0 Å². The lowest BCUT2D eigenvalue weighted by atomic mass is 10.3. The van der Waals surface area contributed by atoms with Crippen LogP contribution in [0.25, 0.3) is 0 Å². The van der Waals surface area contributed by atoms with Gasteiger partial charge in [-0.2, -0.15) is 0 Å². The zero-order chi connectivity index (χ0) is 19.2. The molecule has 2 N–H and O–H groups in total. The Morgan fingerprint density at radius 2 is 1.89 bits per heavy atom. The molecule has 6 nitrogen and oxygen atoms in total. The molecule has 0 saturated heterocycles. The zero-order valence-corrected chi connectivity index (χ0v) is 16.7. The highest BCUT2D eigenvalue weighted by molar-refractivity contribution is 7.99. The van der Waals surface area contributed by atoms with Gasteiger partial charge in [-0.15, -0.1) is 22.0 Å². The predicted octanol–water partition coefficient (Wildman–Crippen LogP) is 4.64. The van der Waals surface area contributed by atoms with Gasteiger partial charge < -0.3 is 10.6 Å². The van der Waals surface area contributed by atoms with Crippen LogP contribution >= 0.6 is 35.0 Å². The van der Waals surface area contributed by atoms with E-state index in [4.69, 9.17) is 23.2 Å². The van der Waals surface area contributed by atoms with Crippen LogP contribution in [-0.2, 0) is 9.59 Å². The number of anilines is 2. The molecule has 1 aliphatic rings. The van der Waals surface area contributed by atoms with Crippen LogP contribution in [0.5, 0.6) is 0 Å². The molecule has 1 saturated carbocycles. The van der Waals surface area contributed by atoms with Gasteiger partial charge in [0, 0.05) is 23.8 Å². The Morgan fingerprint density at radius 1 is 1.07 bits per heavy atom. The highest BCUT2D eigenvalue weighted by Gasteiger charge is 2.29. The van der Waals surface area contributed by atoms with Gasteiger partial charge >= 0.3 is 0 Å². The van der Waals surface area contributed by atoms with E-state index in [2.05, 4.69) is 20.8 Å². The molecule has 0 aliphatic heterocycles. The highest BCUT2D eigenvalue weighted by Crippen LogP contribution is 2.30. The molecule has 142 valence electrons. The minimum Gasteiger partial charge on any atom is -0.326 e. The summed E-state index contributed by atoms with van der Waals surface area (Å²) < 4.78 is 0. The van der Waals surface area contributed by atoms with Crippen LogP contribution in [0, 0.1) is 5.92 Å². The lowest BCUT2D eigenvalue weighted by Gasteiger charge is -2.06. The van der Waals surface area contributed by atoms with E-state index >= 15 is 0 Å². The molecule has 1 aromatic heterocycles. The van der Waals surface area contributed by atoms with Crippen molar-refractivity contribution in [3.8, 4) is 0 Å². The predicted molar refractivity (Wildman–Crippen MR) is 108 cm³/mol. The standard InChI is InChI=1S/C18H18Cl2N4O2S/c19-13-6-5-12(10-14(13)20)21-16(25)2-1-9-27-17-8-7-15(23-24-17)22-18(26)11-3-4-11/h5-8,10-11H,1-4,9H2,(H,21,25)(H,22,23,26). The first-order valence-electron chi connectivity index (χ1n) is 8.53. The number of hydrogen-bond donors (Lipinski definition) is 2. The molecule has 2 aromatic rings. The van der Waals surface area contributed by atoms with Crippen LogP contribution in [0.15, 0.2) is 35.4 Å². The van der Waals surface area contributed by atoms with Crippen molar-refractivity contribution in [2.24, 2.45) is 5.92 Å². The summed E-state index contributed by atoms with van der Waals surface area (Å²) in [5.41, 5.74) is 0.622. The number of nitrogens with zero attached hydrogens (tertiary/aromatic N) is 2. The number of aromatic nitrogens is 2. The van der Waals surface area contributed by atoms with Gasteiger partial charge in [0.15, 0.2) is 5.82 Å². The molecule has 1 heterocycles. The van der Waals surface area contributed by atoms with Crippen LogP contribution in [0.3, 0.4) is 0 Å². The SMILES string of the molecule is O=C(CCCSc1ccc(NC(=O)C2CC2)nn1)Nc1ccc(Cl)c(Cl)c1. The fourth-order valence-corrected chi connectivity index (χ4v) is 3.30. The van der Waals surface area contributed by atoms with Crippen LogP contribution in [0.2, 0.25) is 10.0 Å². The van der Waals surface area contributed by atoms with Gasteiger partial charge in [0.2, 0.25) is 11.8 Å². The summed E-state index contributed by atoms with van der Waals surface area (Å²) in [7, 11) is 0. The number of hydrogen-bond acceptors (Lipinski definition) is 5. The first kappa shape index (κ1) is 19.9. The molecule has 0 spiro atoms. The van der Waals surface area contributed by atoms with E-state index in [9.17, 15) is 9.59 Å². The molecule has 9 heteroatoms. The molecule has 1 aromatic carbocycles. The normalized spacial score (nSPS) is 13.3.